The van der Waals surface area contributed by atoms with Crippen molar-refractivity contribution in [2.24, 2.45) is 0 Å². The van der Waals surface area contributed by atoms with Crippen LogP contribution in [0, 0.1) is 0 Å². The van der Waals surface area contributed by atoms with Crippen molar-refractivity contribution in [2.45, 2.75) is 6.54 Å². The maximum Gasteiger partial charge on any atom is 0.267 e. The molecule has 2 N–H and O–H groups in total. The third-order valence-corrected chi connectivity index (χ3v) is 3.70. The van der Waals surface area contributed by atoms with Crippen LogP contribution in [0.1, 0.15) is 15.2 Å². The van der Waals surface area contributed by atoms with E-state index >= 15 is 0 Å². The number of carbonyl (C=O) groups excluding carboxylic acids is 1. The largest absolute Gasteiger partial charge is 0.497 e. The smallest absolute Gasteiger partial charge is 0.267 e. The van der Waals surface area contributed by atoms with Crippen molar-refractivity contribution in [2.75, 3.05) is 7.11 Å². The molecule has 6 heteroatoms. The van der Waals surface area contributed by atoms with Crippen molar-refractivity contribution in [1.29, 1.82) is 0 Å². The van der Waals surface area contributed by atoms with Crippen LogP contribution in [-0.2, 0) is 6.54 Å². The Bertz CT molecular complexity index is 580. The van der Waals surface area contributed by atoms with Crippen molar-refractivity contribution in [3.05, 3.63) is 52.2 Å². The van der Waals surface area contributed by atoms with Gasteiger partial charge in [-0.2, -0.15) is 0 Å². The summed E-state index contributed by atoms with van der Waals surface area (Å²) in [5.74, 6) is 0.620. The molecule has 0 spiro atoms. The Morgan fingerprint density at radius 1 is 1.30 bits per heavy atom. The highest BCUT2D eigenvalue weighted by atomic mass is 32.1. The molecule has 0 radical (unpaired) electrons. The highest BCUT2D eigenvalue weighted by molar-refractivity contribution is 7.80. The molecule has 1 heterocycles. The second-order valence-corrected chi connectivity index (χ2v) is 5.32. The topological polar surface area (TPSA) is 50.4 Å². The van der Waals surface area contributed by atoms with Crippen LogP contribution in [0.2, 0.25) is 0 Å². The van der Waals surface area contributed by atoms with Gasteiger partial charge in [0.15, 0.2) is 5.11 Å². The maximum absolute atomic E-state index is 11.8. The summed E-state index contributed by atoms with van der Waals surface area (Å²) in [5, 5.41) is 7.80. The van der Waals surface area contributed by atoms with E-state index in [1.807, 2.05) is 35.7 Å². The molecule has 0 aliphatic rings. The van der Waals surface area contributed by atoms with E-state index in [0.29, 0.717) is 16.5 Å². The van der Waals surface area contributed by atoms with Gasteiger partial charge in [-0.15, -0.1) is 11.3 Å². The minimum Gasteiger partial charge on any atom is -0.497 e. The Morgan fingerprint density at radius 2 is 2.05 bits per heavy atom. The van der Waals surface area contributed by atoms with E-state index in [1.165, 1.54) is 11.3 Å². The molecule has 0 fully saturated rings. The lowest BCUT2D eigenvalue weighted by Gasteiger charge is -2.09. The quantitative estimate of drug-likeness (QED) is 0.853. The third kappa shape index (κ3) is 4.04. The molecule has 0 bridgehead atoms. The van der Waals surface area contributed by atoms with Gasteiger partial charge in [-0.1, -0.05) is 18.2 Å². The summed E-state index contributed by atoms with van der Waals surface area (Å²) in [7, 11) is 1.63. The lowest BCUT2D eigenvalue weighted by molar-refractivity contribution is 0.0980. The SMILES string of the molecule is COc1ccc(CNC(=S)NC(=O)c2cccs2)cc1. The van der Waals surface area contributed by atoms with E-state index in [9.17, 15) is 4.79 Å². The van der Waals surface area contributed by atoms with Crippen molar-refractivity contribution >= 4 is 34.6 Å². The molecule has 0 saturated carbocycles. The Hall–Kier alpha value is -1.92. The van der Waals surface area contributed by atoms with Gasteiger partial charge in [0.1, 0.15) is 5.75 Å². The molecule has 20 heavy (non-hydrogen) atoms. The minimum atomic E-state index is -0.188. The van der Waals surface area contributed by atoms with Gasteiger partial charge in [0.25, 0.3) is 5.91 Å². The zero-order valence-electron chi connectivity index (χ0n) is 10.9. The van der Waals surface area contributed by atoms with Gasteiger partial charge in [-0.25, -0.2) is 0 Å². The average molecular weight is 306 g/mol. The maximum atomic E-state index is 11.8. The molecule has 1 aromatic carbocycles. The second-order valence-electron chi connectivity index (χ2n) is 3.96. The number of benzene rings is 1. The molecule has 0 aliphatic heterocycles. The first kappa shape index (κ1) is 14.5. The number of hydrogen-bond donors (Lipinski definition) is 2. The molecule has 0 saturated heterocycles. The fourth-order valence-corrected chi connectivity index (χ4v) is 2.33. The van der Waals surface area contributed by atoms with Crippen LogP contribution in [0.15, 0.2) is 41.8 Å². The van der Waals surface area contributed by atoms with Crippen molar-refractivity contribution in [3.63, 3.8) is 0 Å². The van der Waals surface area contributed by atoms with Crippen molar-refractivity contribution < 1.29 is 9.53 Å². The fraction of sp³-hybridized carbons (Fsp3) is 0.143. The van der Waals surface area contributed by atoms with Gasteiger partial charge in [0.2, 0.25) is 0 Å². The third-order valence-electron chi connectivity index (χ3n) is 2.58. The Labute approximate surface area is 126 Å². The highest BCUT2D eigenvalue weighted by Crippen LogP contribution is 2.11. The van der Waals surface area contributed by atoms with Gasteiger partial charge in [-0.05, 0) is 41.4 Å². The van der Waals surface area contributed by atoms with E-state index in [1.54, 1.807) is 13.2 Å². The van der Waals surface area contributed by atoms with Crippen LogP contribution < -0.4 is 15.4 Å². The minimum absolute atomic E-state index is 0.188. The number of rotatable bonds is 4. The van der Waals surface area contributed by atoms with Gasteiger partial charge >= 0.3 is 0 Å². The normalized spacial score (nSPS) is 9.85. The molecule has 1 amide bonds. The van der Waals surface area contributed by atoms with Crippen LogP contribution in [0.5, 0.6) is 5.75 Å². The Kier molecular flexibility index (Phi) is 5.09. The van der Waals surface area contributed by atoms with Crippen LogP contribution >= 0.6 is 23.6 Å². The first-order chi connectivity index (χ1) is 9.69. The molecular weight excluding hydrogens is 292 g/mol. The molecule has 0 aliphatic carbocycles. The van der Waals surface area contributed by atoms with Crippen LogP contribution in [0.3, 0.4) is 0 Å². The molecule has 1 aromatic heterocycles. The molecular formula is C14H14N2O2S2. The highest BCUT2D eigenvalue weighted by Gasteiger charge is 2.07. The van der Waals surface area contributed by atoms with E-state index in [2.05, 4.69) is 10.6 Å². The van der Waals surface area contributed by atoms with Gasteiger partial charge in [-0.3, -0.25) is 10.1 Å². The van der Waals surface area contributed by atoms with Gasteiger partial charge < -0.3 is 10.1 Å². The van der Waals surface area contributed by atoms with E-state index in [0.717, 1.165) is 11.3 Å². The number of thiocarbonyl (C=S) groups is 1. The number of nitrogens with one attached hydrogen (secondary N) is 2. The summed E-state index contributed by atoms with van der Waals surface area (Å²) in [6.45, 7) is 0.549. The summed E-state index contributed by atoms with van der Waals surface area (Å²) in [5.41, 5.74) is 1.05. The number of methoxy groups -OCH3 is 1. The predicted molar refractivity (Wildman–Crippen MR) is 84.2 cm³/mol. The lowest BCUT2D eigenvalue weighted by atomic mass is 10.2. The van der Waals surface area contributed by atoms with Crippen LogP contribution in [0.4, 0.5) is 0 Å². The van der Waals surface area contributed by atoms with E-state index < -0.39 is 0 Å². The van der Waals surface area contributed by atoms with Crippen LogP contribution in [-0.4, -0.2) is 18.1 Å². The molecule has 4 nitrogen and oxygen atoms in total. The molecule has 0 unspecified atom stereocenters. The fourth-order valence-electron chi connectivity index (χ4n) is 1.54. The summed E-state index contributed by atoms with van der Waals surface area (Å²) in [6.07, 6.45) is 0. The van der Waals surface area contributed by atoms with Crippen molar-refractivity contribution in [1.82, 2.24) is 10.6 Å². The molecule has 104 valence electrons. The first-order valence-electron chi connectivity index (χ1n) is 5.94. The van der Waals surface area contributed by atoms with Gasteiger partial charge in [0, 0.05) is 6.54 Å². The number of hydrogen-bond acceptors (Lipinski definition) is 4. The number of ether oxygens (including phenoxy) is 1. The number of carbonyl (C=O) groups is 1. The number of thiophene rings is 1. The standard InChI is InChI=1S/C14H14N2O2S2/c1-18-11-6-4-10(5-7-11)9-15-14(19)16-13(17)12-3-2-8-20-12/h2-8H,9H2,1H3,(H2,15,16,17,19). The number of amides is 1. The molecule has 2 rings (SSSR count). The monoisotopic (exact) mass is 306 g/mol. The lowest BCUT2D eigenvalue weighted by Crippen LogP contribution is -2.38. The summed E-state index contributed by atoms with van der Waals surface area (Å²) >= 11 is 6.47. The first-order valence-corrected chi connectivity index (χ1v) is 7.23. The van der Waals surface area contributed by atoms with Gasteiger partial charge in [0.05, 0.1) is 12.0 Å². The second kappa shape index (κ2) is 7.02. The molecule has 0 atom stereocenters. The summed E-state index contributed by atoms with van der Waals surface area (Å²) < 4.78 is 5.09. The zero-order chi connectivity index (χ0) is 14.4. The van der Waals surface area contributed by atoms with Crippen molar-refractivity contribution in [3.8, 4) is 5.75 Å². The molecule has 2 aromatic rings. The zero-order valence-corrected chi connectivity index (χ0v) is 12.5. The summed E-state index contributed by atoms with van der Waals surface area (Å²) in [4.78, 5) is 12.4. The summed E-state index contributed by atoms with van der Waals surface area (Å²) in [6, 6.07) is 11.2. The van der Waals surface area contributed by atoms with E-state index in [4.69, 9.17) is 17.0 Å². The van der Waals surface area contributed by atoms with E-state index in [-0.39, 0.29) is 5.91 Å². The Morgan fingerprint density at radius 3 is 2.65 bits per heavy atom. The van der Waals surface area contributed by atoms with Crippen LogP contribution in [0.25, 0.3) is 0 Å². The predicted octanol–water partition coefficient (Wildman–Crippen LogP) is 2.56. The average Bonchev–Trinajstić information content (AvgIpc) is 3.00. The Balaban J connectivity index is 1.81.